The van der Waals surface area contributed by atoms with Gasteiger partial charge in [-0.3, -0.25) is 4.79 Å². The first-order valence-electron chi connectivity index (χ1n) is 6.95. The summed E-state index contributed by atoms with van der Waals surface area (Å²) in [5.41, 5.74) is 1.61. The molecule has 1 unspecified atom stereocenters. The van der Waals surface area contributed by atoms with Crippen LogP contribution in [-0.4, -0.2) is 17.9 Å². The van der Waals surface area contributed by atoms with Crippen LogP contribution in [0.15, 0.2) is 24.3 Å². The lowest BCUT2D eigenvalue weighted by molar-refractivity contribution is -0.139. The van der Waals surface area contributed by atoms with Gasteiger partial charge in [-0.05, 0) is 17.0 Å². The van der Waals surface area contributed by atoms with Crippen LogP contribution in [0.5, 0.6) is 0 Å². The molecule has 0 bridgehead atoms. The van der Waals surface area contributed by atoms with Crippen molar-refractivity contribution >= 4 is 5.91 Å². The monoisotopic (exact) mass is 272 g/mol. The fourth-order valence-corrected chi connectivity index (χ4v) is 2.09. The Bertz CT molecular complexity index is 503. The van der Waals surface area contributed by atoms with Gasteiger partial charge in [0.2, 0.25) is 5.91 Å². The first-order chi connectivity index (χ1) is 9.18. The lowest BCUT2D eigenvalue weighted by Gasteiger charge is -2.29. The van der Waals surface area contributed by atoms with Crippen molar-refractivity contribution in [2.75, 3.05) is 7.05 Å². The largest absolute Gasteiger partial charge is 0.325 e. The lowest BCUT2D eigenvalue weighted by Crippen LogP contribution is -2.38. The van der Waals surface area contributed by atoms with Crippen LogP contribution in [0.3, 0.4) is 0 Å². The van der Waals surface area contributed by atoms with Gasteiger partial charge < -0.3 is 4.90 Å². The maximum atomic E-state index is 12.3. The van der Waals surface area contributed by atoms with E-state index in [1.807, 2.05) is 45.0 Å². The molecule has 108 valence electrons. The van der Waals surface area contributed by atoms with Crippen molar-refractivity contribution in [2.45, 2.75) is 46.6 Å². The summed E-state index contributed by atoms with van der Waals surface area (Å²) in [5.74, 6) is 0.426. The van der Waals surface area contributed by atoms with E-state index < -0.39 is 11.5 Å². The Hall–Kier alpha value is -1.82. The Balaban J connectivity index is 3.02. The van der Waals surface area contributed by atoms with E-state index in [-0.39, 0.29) is 5.91 Å². The third kappa shape index (κ3) is 3.60. The Morgan fingerprint density at radius 2 is 1.60 bits per heavy atom. The smallest absolute Gasteiger partial charge is 0.229 e. The van der Waals surface area contributed by atoms with Crippen LogP contribution in [0.25, 0.3) is 0 Å². The second-order valence-electron chi connectivity index (χ2n) is 6.52. The molecule has 0 saturated heterocycles. The number of hydrogen-bond acceptors (Lipinski definition) is 2. The summed E-state index contributed by atoms with van der Waals surface area (Å²) in [5, 5.41) is 9.40. The average Bonchev–Trinajstić information content (AvgIpc) is 2.38. The predicted octanol–water partition coefficient (Wildman–Crippen LogP) is 3.88. The van der Waals surface area contributed by atoms with E-state index in [1.165, 1.54) is 10.5 Å². The SMILES string of the molecule is CC(C)c1ccc(C(C#N)N(C)C(=O)C(C)(C)C)cc1. The molecule has 3 nitrogen and oxygen atoms in total. The number of benzene rings is 1. The van der Waals surface area contributed by atoms with E-state index in [2.05, 4.69) is 19.9 Å². The van der Waals surface area contributed by atoms with Gasteiger partial charge in [-0.1, -0.05) is 58.9 Å². The Morgan fingerprint density at radius 1 is 1.15 bits per heavy atom. The van der Waals surface area contributed by atoms with E-state index in [4.69, 9.17) is 0 Å². The van der Waals surface area contributed by atoms with Gasteiger partial charge in [0.25, 0.3) is 0 Å². The Morgan fingerprint density at radius 3 is 1.95 bits per heavy atom. The zero-order valence-electron chi connectivity index (χ0n) is 13.3. The van der Waals surface area contributed by atoms with Gasteiger partial charge in [0.05, 0.1) is 6.07 Å². The molecule has 0 N–H and O–H groups in total. The first kappa shape index (κ1) is 16.2. The molecule has 0 aliphatic heterocycles. The highest BCUT2D eigenvalue weighted by molar-refractivity contribution is 5.82. The van der Waals surface area contributed by atoms with Crippen molar-refractivity contribution in [3.63, 3.8) is 0 Å². The number of carbonyl (C=O) groups is 1. The molecule has 1 atom stereocenters. The van der Waals surface area contributed by atoms with Crippen molar-refractivity contribution < 1.29 is 4.79 Å². The highest BCUT2D eigenvalue weighted by atomic mass is 16.2. The topological polar surface area (TPSA) is 44.1 Å². The van der Waals surface area contributed by atoms with Gasteiger partial charge in [0.15, 0.2) is 0 Å². The maximum Gasteiger partial charge on any atom is 0.229 e. The fraction of sp³-hybridized carbons (Fsp3) is 0.529. The average molecular weight is 272 g/mol. The van der Waals surface area contributed by atoms with Crippen molar-refractivity contribution in [1.82, 2.24) is 4.90 Å². The summed E-state index contributed by atoms with van der Waals surface area (Å²) >= 11 is 0. The number of amides is 1. The number of hydrogen-bond donors (Lipinski definition) is 0. The molecule has 0 heterocycles. The summed E-state index contributed by atoms with van der Waals surface area (Å²) in [6.07, 6.45) is 0. The summed E-state index contributed by atoms with van der Waals surface area (Å²) in [4.78, 5) is 13.8. The minimum atomic E-state index is -0.539. The third-order valence-corrected chi connectivity index (χ3v) is 3.39. The molecule has 0 aliphatic rings. The summed E-state index contributed by atoms with van der Waals surface area (Å²) in [7, 11) is 1.69. The van der Waals surface area contributed by atoms with Crippen LogP contribution in [-0.2, 0) is 4.79 Å². The molecule has 1 aromatic carbocycles. The van der Waals surface area contributed by atoms with Gasteiger partial charge >= 0.3 is 0 Å². The van der Waals surface area contributed by atoms with E-state index >= 15 is 0 Å². The molecule has 0 aliphatic carbocycles. The Labute approximate surface area is 122 Å². The van der Waals surface area contributed by atoms with Crippen LogP contribution in [0.4, 0.5) is 0 Å². The first-order valence-corrected chi connectivity index (χ1v) is 6.95. The van der Waals surface area contributed by atoms with Crippen molar-refractivity contribution in [1.29, 1.82) is 5.26 Å². The molecular weight excluding hydrogens is 248 g/mol. The lowest BCUT2D eigenvalue weighted by atomic mass is 9.93. The molecule has 1 rings (SSSR count). The number of nitrogens with zero attached hydrogens (tertiary/aromatic N) is 2. The van der Waals surface area contributed by atoms with E-state index in [1.54, 1.807) is 7.05 Å². The van der Waals surface area contributed by atoms with E-state index in [0.29, 0.717) is 5.92 Å². The van der Waals surface area contributed by atoms with Gasteiger partial charge in [0, 0.05) is 12.5 Å². The van der Waals surface area contributed by atoms with Crippen LogP contribution in [0.1, 0.15) is 57.7 Å². The maximum absolute atomic E-state index is 12.3. The van der Waals surface area contributed by atoms with Crippen molar-refractivity contribution in [3.8, 4) is 6.07 Å². The van der Waals surface area contributed by atoms with Crippen LogP contribution < -0.4 is 0 Å². The van der Waals surface area contributed by atoms with Gasteiger partial charge in [-0.15, -0.1) is 0 Å². The van der Waals surface area contributed by atoms with Gasteiger partial charge in [0.1, 0.15) is 6.04 Å². The minimum Gasteiger partial charge on any atom is -0.325 e. The van der Waals surface area contributed by atoms with Crippen LogP contribution in [0, 0.1) is 16.7 Å². The predicted molar refractivity (Wildman–Crippen MR) is 81.1 cm³/mol. The standard InChI is InChI=1S/C17H24N2O/c1-12(2)13-7-9-14(10-8-13)15(11-18)19(6)16(20)17(3,4)5/h7-10,12,15H,1-6H3. The zero-order valence-corrected chi connectivity index (χ0v) is 13.3. The molecule has 0 saturated carbocycles. The van der Waals surface area contributed by atoms with Crippen molar-refractivity contribution in [2.24, 2.45) is 5.41 Å². The number of carbonyl (C=O) groups excluding carboxylic acids is 1. The molecule has 0 fully saturated rings. The number of nitriles is 1. The molecule has 1 aromatic rings. The fourth-order valence-electron chi connectivity index (χ4n) is 2.09. The van der Waals surface area contributed by atoms with Gasteiger partial charge in [-0.2, -0.15) is 5.26 Å². The number of rotatable bonds is 3. The Kier molecular flexibility index (Phi) is 4.94. The highest BCUT2D eigenvalue weighted by Gasteiger charge is 2.30. The van der Waals surface area contributed by atoms with Crippen LogP contribution >= 0.6 is 0 Å². The summed E-state index contributed by atoms with van der Waals surface area (Å²) in [6, 6.07) is 9.62. The van der Waals surface area contributed by atoms with Crippen molar-refractivity contribution in [3.05, 3.63) is 35.4 Å². The molecule has 0 spiro atoms. The molecule has 20 heavy (non-hydrogen) atoms. The quantitative estimate of drug-likeness (QED) is 0.838. The molecule has 0 radical (unpaired) electrons. The minimum absolute atomic E-state index is 0.0306. The third-order valence-electron chi connectivity index (χ3n) is 3.39. The summed E-state index contributed by atoms with van der Waals surface area (Å²) < 4.78 is 0. The molecule has 3 heteroatoms. The normalized spacial score (nSPS) is 12.9. The highest BCUT2D eigenvalue weighted by Crippen LogP contribution is 2.26. The second kappa shape index (κ2) is 6.09. The molecule has 0 aromatic heterocycles. The molecule has 1 amide bonds. The van der Waals surface area contributed by atoms with Gasteiger partial charge in [-0.25, -0.2) is 0 Å². The second-order valence-corrected chi connectivity index (χ2v) is 6.52. The van der Waals surface area contributed by atoms with Crippen LogP contribution in [0.2, 0.25) is 0 Å². The summed E-state index contributed by atoms with van der Waals surface area (Å²) in [6.45, 7) is 9.85. The van der Waals surface area contributed by atoms with E-state index in [9.17, 15) is 10.1 Å². The molecular formula is C17H24N2O. The van der Waals surface area contributed by atoms with E-state index in [0.717, 1.165) is 5.56 Å². The zero-order chi connectivity index (χ0) is 15.5.